The fourth-order valence-electron chi connectivity index (χ4n) is 2.10. The second-order valence-electron chi connectivity index (χ2n) is 5.84. The van der Waals surface area contributed by atoms with Gasteiger partial charge in [0.1, 0.15) is 0 Å². The Morgan fingerprint density at radius 2 is 1.90 bits per heavy atom. The van der Waals surface area contributed by atoms with Gasteiger partial charge in [-0.2, -0.15) is 0 Å². The van der Waals surface area contributed by atoms with Crippen molar-refractivity contribution in [3.8, 4) is 0 Å². The maximum absolute atomic E-state index is 6.38. The molecule has 1 nitrogen and oxygen atoms in total. The molecule has 2 aromatic rings. The minimum atomic E-state index is 0.136. The Morgan fingerprint density at radius 3 is 2.40 bits per heavy atom. The number of hydrogen-bond donors (Lipinski definition) is 1. The summed E-state index contributed by atoms with van der Waals surface area (Å²) in [6.45, 7) is 6.72. The van der Waals surface area contributed by atoms with E-state index in [0.29, 0.717) is 0 Å². The van der Waals surface area contributed by atoms with E-state index in [1.807, 2.05) is 30.5 Å². The highest BCUT2D eigenvalue weighted by Gasteiger charge is 2.21. The second kappa shape index (κ2) is 6.18. The molecule has 108 valence electrons. The van der Waals surface area contributed by atoms with Crippen molar-refractivity contribution in [1.82, 2.24) is 5.32 Å². The van der Waals surface area contributed by atoms with Gasteiger partial charge in [-0.05, 0) is 42.3 Å². The van der Waals surface area contributed by atoms with E-state index in [2.05, 4.69) is 60.2 Å². The standard InChI is InChI=1S/C16H19BrClNS/c1-16(2,3)14-8-7-13(20-14)15(19-4)11-6-5-10(17)9-12(11)18/h5-9,15,19H,1-4H3. The van der Waals surface area contributed by atoms with Crippen LogP contribution in [0, 0.1) is 0 Å². The molecule has 0 fully saturated rings. The molecule has 0 amide bonds. The molecule has 1 N–H and O–H groups in total. The highest BCUT2D eigenvalue weighted by atomic mass is 79.9. The van der Waals surface area contributed by atoms with Crippen LogP contribution in [0.1, 0.15) is 42.1 Å². The summed E-state index contributed by atoms with van der Waals surface area (Å²) < 4.78 is 1.00. The quantitative estimate of drug-likeness (QED) is 0.721. The smallest absolute Gasteiger partial charge is 0.0683 e. The van der Waals surface area contributed by atoms with E-state index in [0.717, 1.165) is 15.1 Å². The molecule has 0 spiro atoms. The van der Waals surface area contributed by atoms with Crippen molar-refractivity contribution in [2.75, 3.05) is 7.05 Å². The van der Waals surface area contributed by atoms with Crippen molar-refractivity contribution in [3.63, 3.8) is 0 Å². The number of nitrogens with one attached hydrogen (secondary N) is 1. The Kier molecular flexibility index (Phi) is 4.96. The monoisotopic (exact) mass is 371 g/mol. The molecule has 0 saturated heterocycles. The van der Waals surface area contributed by atoms with Gasteiger partial charge in [0.25, 0.3) is 0 Å². The normalized spacial score (nSPS) is 13.5. The molecule has 0 aliphatic carbocycles. The summed E-state index contributed by atoms with van der Waals surface area (Å²) in [4.78, 5) is 2.68. The minimum absolute atomic E-state index is 0.136. The van der Waals surface area contributed by atoms with Crippen molar-refractivity contribution in [1.29, 1.82) is 0 Å². The van der Waals surface area contributed by atoms with Crippen LogP contribution >= 0.6 is 38.9 Å². The number of hydrogen-bond acceptors (Lipinski definition) is 2. The third kappa shape index (κ3) is 3.45. The molecule has 0 aliphatic heterocycles. The van der Waals surface area contributed by atoms with Crippen LogP contribution in [-0.2, 0) is 5.41 Å². The van der Waals surface area contributed by atoms with Crippen molar-refractivity contribution in [2.24, 2.45) is 0 Å². The van der Waals surface area contributed by atoms with E-state index in [9.17, 15) is 0 Å². The largest absolute Gasteiger partial charge is 0.309 e. The van der Waals surface area contributed by atoms with E-state index in [1.165, 1.54) is 9.75 Å². The maximum atomic E-state index is 6.38. The van der Waals surface area contributed by atoms with E-state index in [4.69, 9.17) is 11.6 Å². The molecule has 0 bridgehead atoms. The van der Waals surface area contributed by atoms with Crippen molar-refractivity contribution < 1.29 is 0 Å². The molecule has 0 radical (unpaired) electrons. The first-order valence-corrected chi connectivity index (χ1v) is 8.54. The van der Waals surface area contributed by atoms with Gasteiger partial charge in [-0.25, -0.2) is 0 Å². The van der Waals surface area contributed by atoms with Gasteiger partial charge < -0.3 is 5.32 Å². The number of rotatable bonds is 3. The van der Waals surface area contributed by atoms with Crippen molar-refractivity contribution in [2.45, 2.75) is 32.2 Å². The van der Waals surface area contributed by atoms with Gasteiger partial charge in [0.2, 0.25) is 0 Å². The third-order valence-electron chi connectivity index (χ3n) is 3.21. The molecular formula is C16H19BrClNS. The van der Waals surface area contributed by atoms with E-state index in [1.54, 1.807) is 0 Å². The summed E-state index contributed by atoms with van der Waals surface area (Å²) in [6, 6.07) is 10.6. The first-order valence-electron chi connectivity index (χ1n) is 6.55. The Labute approximate surface area is 138 Å². The molecule has 20 heavy (non-hydrogen) atoms. The lowest BCUT2D eigenvalue weighted by Crippen LogP contribution is -2.17. The lowest BCUT2D eigenvalue weighted by Gasteiger charge is -2.18. The number of halogens is 2. The summed E-state index contributed by atoms with van der Waals surface area (Å²) in [5.74, 6) is 0. The van der Waals surface area contributed by atoms with E-state index >= 15 is 0 Å². The van der Waals surface area contributed by atoms with Gasteiger partial charge >= 0.3 is 0 Å². The van der Waals surface area contributed by atoms with Gasteiger partial charge in [-0.1, -0.05) is 54.4 Å². The van der Waals surface area contributed by atoms with E-state index in [-0.39, 0.29) is 11.5 Å². The zero-order valence-electron chi connectivity index (χ0n) is 12.1. The topological polar surface area (TPSA) is 12.0 Å². The molecular weight excluding hydrogens is 354 g/mol. The Hall–Kier alpha value is -0.350. The predicted molar refractivity (Wildman–Crippen MR) is 93.1 cm³/mol. The second-order valence-corrected chi connectivity index (χ2v) is 8.28. The van der Waals surface area contributed by atoms with Crippen LogP contribution < -0.4 is 5.32 Å². The molecule has 1 heterocycles. The Morgan fingerprint density at radius 1 is 1.20 bits per heavy atom. The molecule has 1 unspecified atom stereocenters. The van der Waals surface area contributed by atoms with Gasteiger partial charge in [0.15, 0.2) is 0 Å². The molecule has 4 heteroatoms. The third-order valence-corrected chi connectivity index (χ3v) is 5.61. The lowest BCUT2D eigenvalue weighted by atomic mass is 9.95. The Balaban J connectivity index is 2.40. The van der Waals surface area contributed by atoms with Crippen LogP contribution in [0.2, 0.25) is 5.02 Å². The van der Waals surface area contributed by atoms with E-state index < -0.39 is 0 Å². The minimum Gasteiger partial charge on any atom is -0.309 e. The molecule has 1 aromatic heterocycles. The van der Waals surface area contributed by atoms with Gasteiger partial charge in [-0.3, -0.25) is 0 Å². The molecule has 1 aromatic carbocycles. The predicted octanol–water partition coefficient (Wildman–Crippen LogP) is 5.77. The van der Waals surface area contributed by atoms with Crippen LogP contribution in [0.5, 0.6) is 0 Å². The fraction of sp³-hybridized carbons (Fsp3) is 0.375. The summed E-state index contributed by atoms with van der Waals surface area (Å²) >= 11 is 11.7. The fourth-order valence-corrected chi connectivity index (χ4v) is 4.08. The first-order chi connectivity index (χ1) is 9.32. The van der Waals surface area contributed by atoms with Gasteiger partial charge in [-0.15, -0.1) is 11.3 Å². The highest BCUT2D eigenvalue weighted by Crippen LogP contribution is 2.37. The molecule has 1 atom stereocenters. The van der Waals surface area contributed by atoms with Crippen LogP contribution in [0.25, 0.3) is 0 Å². The molecule has 0 saturated carbocycles. The number of benzene rings is 1. The average Bonchev–Trinajstić information content (AvgIpc) is 2.82. The van der Waals surface area contributed by atoms with Crippen LogP contribution in [0.4, 0.5) is 0 Å². The number of thiophene rings is 1. The molecule has 0 aliphatic rings. The highest BCUT2D eigenvalue weighted by molar-refractivity contribution is 9.10. The molecule has 2 rings (SSSR count). The summed E-state index contributed by atoms with van der Waals surface area (Å²) in [5, 5.41) is 4.15. The zero-order valence-corrected chi connectivity index (χ0v) is 15.3. The van der Waals surface area contributed by atoms with Crippen LogP contribution in [0.15, 0.2) is 34.8 Å². The van der Waals surface area contributed by atoms with Crippen LogP contribution in [0.3, 0.4) is 0 Å². The van der Waals surface area contributed by atoms with Crippen LogP contribution in [-0.4, -0.2) is 7.05 Å². The Bertz CT molecular complexity index is 601. The summed E-state index contributed by atoms with van der Waals surface area (Å²) in [5.41, 5.74) is 1.30. The lowest BCUT2D eigenvalue weighted by molar-refractivity contribution is 0.604. The zero-order chi connectivity index (χ0) is 14.9. The summed E-state index contributed by atoms with van der Waals surface area (Å²) in [7, 11) is 1.97. The maximum Gasteiger partial charge on any atom is 0.0683 e. The van der Waals surface area contributed by atoms with Gasteiger partial charge in [0.05, 0.1) is 6.04 Å². The van der Waals surface area contributed by atoms with Crippen molar-refractivity contribution in [3.05, 3.63) is 55.1 Å². The first kappa shape index (κ1) is 16.0. The van der Waals surface area contributed by atoms with Crippen molar-refractivity contribution >= 4 is 38.9 Å². The SMILES string of the molecule is CNC(c1ccc(C(C)(C)C)s1)c1ccc(Br)cc1Cl. The summed E-state index contributed by atoms with van der Waals surface area (Å²) in [6.07, 6.45) is 0. The average molecular weight is 373 g/mol. The van der Waals surface area contributed by atoms with Gasteiger partial charge in [0, 0.05) is 19.2 Å².